The van der Waals surface area contributed by atoms with Crippen LogP contribution in [0.15, 0.2) is 23.2 Å². The van der Waals surface area contributed by atoms with E-state index in [0.29, 0.717) is 37.1 Å². The van der Waals surface area contributed by atoms with E-state index in [1.54, 1.807) is 12.0 Å². The smallest absolute Gasteiger partial charge is 0.281 e. The Bertz CT molecular complexity index is 1060. The summed E-state index contributed by atoms with van der Waals surface area (Å²) in [5.74, 6) is 2.96. The summed E-state index contributed by atoms with van der Waals surface area (Å²) < 4.78 is 13.0. The SMILES string of the molecule is CCN1C(=O)c2c(nc(NC3CCOCC3)n2Cc2ccc(OC)c(C)c2)N2CCN=C12. The van der Waals surface area contributed by atoms with E-state index in [-0.39, 0.29) is 11.9 Å². The second-order valence-corrected chi connectivity index (χ2v) is 8.41. The molecule has 3 aliphatic heterocycles. The van der Waals surface area contributed by atoms with Crippen molar-refractivity contribution in [3.05, 3.63) is 35.0 Å². The maximum Gasteiger partial charge on any atom is 0.281 e. The molecule has 1 N–H and O–H groups in total. The van der Waals surface area contributed by atoms with Gasteiger partial charge in [-0.25, -0.2) is 0 Å². The van der Waals surface area contributed by atoms with Crippen LogP contribution in [0.2, 0.25) is 0 Å². The maximum absolute atomic E-state index is 13.6. The Morgan fingerprint density at radius 1 is 1.28 bits per heavy atom. The number of amides is 1. The molecule has 0 atom stereocenters. The second-order valence-electron chi connectivity index (χ2n) is 8.41. The number of aliphatic imine (C=N–C) groups is 1. The molecule has 9 heteroatoms. The number of hydrogen-bond acceptors (Lipinski definition) is 7. The number of imidazole rings is 1. The maximum atomic E-state index is 13.6. The van der Waals surface area contributed by atoms with Crippen LogP contribution in [-0.4, -0.2) is 72.3 Å². The first-order chi connectivity index (χ1) is 15.6. The first-order valence-corrected chi connectivity index (χ1v) is 11.3. The number of aryl methyl sites for hydroxylation is 1. The summed E-state index contributed by atoms with van der Waals surface area (Å²) in [6.45, 7) is 8.02. The molecule has 170 valence electrons. The van der Waals surface area contributed by atoms with Crippen molar-refractivity contribution < 1.29 is 14.3 Å². The fraction of sp³-hybridized carbons (Fsp3) is 0.522. The normalized spacial score (nSPS) is 18.5. The summed E-state index contributed by atoms with van der Waals surface area (Å²) in [4.78, 5) is 26.9. The second kappa shape index (κ2) is 8.46. The number of guanidine groups is 1. The number of methoxy groups -OCH3 is 1. The number of nitrogens with one attached hydrogen (secondary N) is 1. The molecule has 1 saturated heterocycles. The van der Waals surface area contributed by atoms with Gasteiger partial charge in [-0.05, 0) is 43.9 Å². The number of carbonyl (C=O) groups excluding carboxylic acids is 1. The minimum Gasteiger partial charge on any atom is -0.496 e. The van der Waals surface area contributed by atoms with Crippen molar-refractivity contribution in [1.29, 1.82) is 0 Å². The summed E-state index contributed by atoms with van der Waals surface area (Å²) in [5.41, 5.74) is 2.78. The highest BCUT2D eigenvalue weighted by Gasteiger charge is 2.41. The number of ether oxygens (including phenoxy) is 2. The Hall–Kier alpha value is -3.07. The van der Waals surface area contributed by atoms with E-state index in [0.717, 1.165) is 55.4 Å². The molecule has 1 amide bonds. The van der Waals surface area contributed by atoms with Crippen LogP contribution in [0, 0.1) is 6.92 Å². The van der Waals surface area contributed by atoms with Crippen molar-refractivity contribution in [1.82, 2.24) is 14.5 Å². The first kappa shape index (κ1) is 20.8. The Morgan fingerprint density at radius 3 is 2.81 bits per heavy atom. The summed E-state index contributed by atoms with van der Waals surface area (Å²) in [6, 6.07) is 6.40. The molecule has 1 fully saturated rings. The third kappa shape index (κ3) is 3.50. The monoisotopic (exact) mass is 438 g/mol. The standard InChI is InChI=1S/C23H30N6O3/c1-4-27-21(30)19-20(28-10-9-24-23(27)28)26-22(25-17-7-11-32-12-8-17)29(19)14-16-5-6-18(31-3)15(2)13-16/h5-6,13,17H,4,7-12,14H2,1-3H3,(H,25,26). The zero-order valence-electron chi connectivity index (χ0n) is 18.9. The first-order valence-electron chi connectivity index (χ1n) is 11.3. The van der Waals surface area contributed by atoms with Gasteiger partial charge in [0.2, 0.25) is 11.9 Å². The molecular weight excluding hydrogens is 408 g/mol. The average Bonchev–Trinajstić information content (AvgIpc) is 3.41. The summed E-state index contributed by atoms with van der Waals surface area (Å²) in [5, 5.41) is 3.61. The zero-order chi connectivity index (χ0) is 22.2. The van der Waals surface area contributed by atoms with E-state index >= 15 is 0 Å². The van der Waals surface area contributed by atoms with E-state index in [4.69, 9.17) is 14.5 Å². The predicted octanol–water partition coefficient (Wildman–Crippen LogP) is 2.49. The largest absolute Gasteiger partial charge is 0.496 e. The van der Waals surface area contributed by atoms with E-state index in [2.05, 4.69) is 21.3 Å². The lowest BCUT2D eigenvalue weighted by Gasteiger charge is -2.32. The zero-order valence-corrected chi connectivity index (χ0v) is 18.9. The lowest BCUT2D eigenvalue weighted by atomic mass is 10.1. The van der Waals surface area contributed by atoms with Gasteiger partial charge in [0.25, 0.3) is 5.91 Å². The van der Waals surface area contributed by atoms with Crippen molar-refractivity contribution >= 4 is 23.6 Å². The number of rotatable bonds is 6. The number of fused-ring (bicyclic) bond motifs is 3. The minimum absolute atomic E-state index is 0.0443. The highest BCUT2D eigenvalue weighted by molar-refractivity contribution is 6.18. The van der Waals surface area contributed by atoms with Crippen LogP contribution >= 0.6 is 0 Å². The van der Waals surface area contributed by atoms with Crippen molar-refractivity contribution in [2.75, 3.05) is 50.2 Å². The van der Waals surface area contributed by atoms with Gasteiger partial charge < -0.3 is 14.8 Å². The highest BCUT2D eigenvalue weighted by Crippen LogP contribution is 2.34. The van der Waals surface area contributed by atoms with E-state index < -0.39 is 0 Å². The van der Waals surface area contributed by atoms with Crippen LogP contribution in [-0.2, 0) is 11.3 Å². The van der Waals surface area contributed by atoms with Gasteiger partial charge in [0.1, 0.15) is 5.75 Å². The summed E-state index contributed by atoms with van der Waals surface area (Å²) in [6.07, 6.45) is 1.84. The molecule has 4 heterocycles. The highest BCUT2D eigenvalue weighted by atomic mass is 16.5. The van der Waals surface area contributed by atoms with Crippen LogP contribution in [0.1, 0.15) is 41.4 Å². The minimum atomic E-state index is -0.0443. The molecule has 1 aromatic carbocycles. The molecule has 3 aliphatic rings. The van der Waals surface area contributed by atoms with Crippen LogP contribution in [0.5, 0.6) is 5.75 Å². The van der Waals surface area contributed by atoms with Crippen LogP contribution in [0.25, 0.3) is 0 Å². The Labute approximate surface area is 188 Å². The topological polar surface area (TPSA) is 84.2 Å². The van der Waals surface area contributed by atoms with Gasteiger partial charge in [0, 0.05) is 32.3 Å². The number of aromatic nitrogens is 2. The molecule has 0 radical (unpaired) electrons. The third-order valence-electron chi connectivity index (χ3n) is 6.38. The van der Waals surface area contributed by atoms with Crippen LogP contribution in [0.3, 0.4) is 0 Å². The molecule has 5 rings (SSSR count). The number of benzene rings is 1. The van der Waals surface area contributed by atoms with Crippen molar-refractivity contribution in [2.24, 2.45) is 4.99 Å². The van der Waals surface area contributed by atoms with Gasteiger partial charge in [-0.2, -0.15) is 4.98 Å². The third-order valence-corrected chi connectivity index (χ3v) is 6.38. The van der Waals surface area contributed by atoms with Crippen LogP contribution < -0.4 is 15.0 Å². The molecule has 0 spiro atoms. The number of carbonyl (C=O) groups is 1. The van der Waals surface area contributed by atoms with E-state index in [1.807, 2.05) is 30.5 Å². The molecule has 32 heavy (non-hydrogen) atoms. The van der Waals surface area contributed by atoms with Crippen molar-refractivity contribution in [3.63, 3.8) is 0 Å². The lowest BCUT2D eigenvalue weighted by Crippen LogP contribution is -2.50. The molecule has 1 aromatic heterocycles. The van der Waals surface area contributed by atoms with Gasteiger partial charge in [-0.3, -0.25) is 24.2 Å². The molecule has 0 aliphatic carbocycles. The van der Waals surface area contributed by atoms with E-state index in [9.17, 15) is 4.79 Å². The fourth-order valence-electron chi connectivity index (χ4n) is 4.72. The van der Waals surface area contributed by atoms with Gasteiger partial charge in [0.05, 0.1) is 20.2 Å². The fourth-order valence-corrected chi connectivity index (χ4v) is 4.72. The molecule has 2 aromatic rings. The van der Waals surface area contributed by atoms with Gasteiger partial charge >= 0.3 is 0 Å². The lowest BCUT2D eigenvalue weighted by molar-refractivity contribution is 0.0835. The number of hydrogen-bond donors (Lipinski definition) is 1. The van der Waals surface area contributed by atoms with Crippen molar-refractivity contribution in [2.45, 2.75) is 39.3 Å². The molecule has 0 unspecified atom stereocenters. The summed E-state index contributed by atoms with van der Waals surface area (Å²) in [7, 11) is 1.68. The van der Waals surface area contributed by atoms with E-state index in [1.165, 1.54) is 0 Å². The molecule has 0 saturated carbocycles. The Morgan fingerprint density at radius 2 is 2.09 bits per heavy atom. The van der Waals surface area contributed by atoms with Gasteiger partial charge in [0.15, 0.2) is 11.5 Å². The predicted molar refractivity (Wildman–Crippen MR) is 123 cm³/mol. The molecule has 0 bridgehead atoms. The van der Waals surface area contributed by atoms with Crippen molar-refractivity contribution in [3.8, 4) is 5.75 Å². The quantitative estimate of drug-likeness (QED) is 0.746. The van der Waals surface area contributed by atoms with Crippen LogP contribution in [0.4, 0.5) is 11.8 Å². The number of nitrogens with zero attached hydrogens (tertiary/aromatic N) is 5. The number of anilines is 2. The Balaban J connectivity index is 1.58. The molecule has 9 nitrogen and oxygen atoms in total. The average molecular weight is 439 g/mol. The summed E-state index contributed by atoms with van der Waals surface area (Å²) >= 11 is 0. The Kier molecular flexibility index (Phi) is 5.50. The van der Waals surface area contributed by atoms with Gasteiger partial charge in [-0.1, -0.05) is 12.1 Å². The van der Waals surface area contributed by atoms with Gasteiger partial charge in [-0.15, -0.1) is 0 Å². The molecular formula is C23H30N6O3.